The van der Waals surface area contributed by atoms with Gasteiger partial charge in [-0.25, -0.2) is 13.6 Å². The summed E-state index contributed by atoms with van der Waals surface area (Å²) >= 11 is 0. The highest BCUT2D eigenvalue weighted by Gasteiger charge is 2.38. The zero-order valence-corrected chi connectivity index (χ0v) is 18.2. The predicted octanol–water partition coefficient (Wildman–Crippen LogP) is 5.73. The Balaban J connectivity index is 2.05. The molecule has 0 aromatic heterocycles. The highest BCUT2D eigenvalue weighted by atomic mass is 19.4. The van der Waals surface area contributed by atoms with E-state index in [-0.39, 0.29) is 29.8 Å². The highest BCUT2D eigenvalue weighted by molar-refractivity contribution is 5.96. The van der Waals surface area contributed by atoms with Crippen LogP contribution in [0.5, 0.6) is 0 Å². The lowest BCUT2D eigenvalue weighted by Gasteiger charge is -2.35. The summed E-state index contributed by atoms with van der Waals surface area (Å²) in [5, 5.41) is 0. The van der Waals surface area contributed by atoms with Crippen molar-refractivity contribution in [3.8, 4) is 0 Å². The quantitative estimate of drug-likeness (QED) is 0.417. The molecule has 3 rings (SSSR count). The molecule has 0 bridgehead atoms. The van der Waals surface area contributed by atoms with Crippen LogP contribution in [0.25, 0.3) is 0 Å². The molecule has 1 aliphatic rings. The fourth-order valence-electron chi connectivity index (χ4n) is 3.78. The molecule has 0 saturated heterocycles. The molecular weight excluding hydrogens is 445 g/mol. The van der Waals surface area contributed by atoms with E-state index in [0.717, 1.165) is 23.1 Å². The van der Waals surface area contributed by atoms with Crippen molar-refractivity contribution in [2.45, 2.75) is 51.9 Å². The SMILES string of the molecule is CC1=C(C(=O)OC(C)C)[C@H](c2ccc(C(F)(F)F)cc2)CC(=O)N1Cc1cccc(F)c1F. The van der Waals surface area contributed by atoms with Crippen LogP contribution in [0.2, 0.25) is 0 Å². The van der Waals surface area contributed by atoms with Crippen molar-refractivity contribution in [3.05, 3.63) is 82.1 Å². The van der Waals surface area contributed by atoms with Gasteiger partial charge in [0.15, 0.2) is 11.6 Å². The second-order valence-electron chi connectivity index (χ2n) is 8.02. The summed E-state index contributed by atoms with van der Waals surface area (Å²) in [4.78, 5) is 27.0. The summed E-state index contributed by atoms with van der Waals surface area (Å²) in [7, 11) is 0. The minimum Gasteiger partial charge on any atom is -0.460 e. The van der Waals surface area contributed by atoms with E-state index in [4.69, 9.17) is 4.74 Å². The van der Waals surface area contributed by atoms with Gasteiger partial charge in [0, 0.05) is 23.6 Å². The first-order valence-electron chi connectivity index (χ1n) is 10.2. The van der Waals surface area contributed by atoms with Gasteiger partial charge < -0.3 is 9.64 Å². The van der Waals surface area contributed by atoms with Crippen molar-refractivity contribution in [2.75, 3.05) is 0 Å². The third kappa shape index (κ3) is 5.23. The van der Waals surface area contributed by atoms with Crippen LogP contribution in [0.15, 0.2) is 53.7 Å². The minimum absolute atomic E-state index is 0.0766. The summed E-state index contributed by atoms with van der Waals surface area (Å²) in [5.74, 6) is -4.23. The first-order valence-corrected chi connectivity index (χ1v) is 10.2. The fourth-order valence-corrected chi connectivity index (χ4v) is 3.78. The Morgan fingerprint density at radius 1 is 1.12 bits per heavy atom. The van der Waals surface area contributed by atoms with Gasteiger partial charge in [-0.05, 0) is 44.5 Å². The zero-order valence-electron chi connectivity index (χ0n) is 18.2. The van der Waals surface area contributed by atoms with Crippen molar-refractivity contribution in [2.24, 2.45) is 0 Å². The van der Waals surface area contributed by atoms with Crippen molar-refractivity contribution < 1.29 is 36.3 Å². The number of carbonyl (C=O) groups excluding carboxylic acids is 2. The molecule has 1 aliphatic heterocycles. The van der Waals surface area contributed by atoms with Gasteiger partial charge in [-0.15, -0.1) is 0 Å². The molecule has 1 heterocycles. The van der Waals surface area contributed by atoms with Gasteiger partial charge >= 0.3 is 12.1 Å². The number of benzene rings is 2. The van der Waals surface area contributed by atoms with Gasteiger partial charge in [0.1, 0.15) is 0 Å². The highest BCUT2D eigenvalue weighted by Crippen LogP contribution is 2.39. The number of amides is 1. The largest absolute Gasteiger partial charge is 0.460 e. The van der Waals surface area contributed by atoms with E-state index in [1.54, 1.807) is 13.8 Å². The molecule has 0 spiro atoms. The molecule has 0 N–H and O–H groups in total. The molecule has 0 unspecified atom stereocenters. The van der Waals surface area contributed by atoms with E-state index in [1.165, 1.54) is 31.2 Å². The normalized spacial score (nSPS) is 17.1. The maximum atomic E-state index is 14.2. The first kappa shape index (κ1) is 24.4. The van der Waals surface area contributed by atoms with Gasteiger partial charge in [-0.1, -0.05) is 24.3 Å². The third-order valence-electron chi connectivity index (χ3n) is 5.39. The molecule has 0 radical (unpaired) electrons. The number of nitrogens with zero attached hydrogens (tertiary/aromatic N) is 1. The maximum Gasteiger partial charge on any atom is 0.416 e. The number of carbonyl (C=O) groups is 2. The smallest absolute Gasteiger partial charge is 0.416 e. The van der Waals surface area contributed by atoms with Crippen molar-refractivity contribution in [1.29, 1.82) is 0 Å². The van der Waals surface area contributed by atoms with Crippen LogP contribution >= 0.6 is 0 Å². The van der Waals surface area contributed by atoms with E-state index in [2.05, 4.69) is 0 Å². The topological polar surface area (TPSA) is 46.6 Å². The first-order chi connectivity index (χ1) is 15.4. The van der Waals surface area contributed by atoms with Crippen LogP contribution in [0.1, 0.15) is 49.8 Å². The lowest BCUT2D eigenvalue weighted by atomic mass is 9.83. The number of allylic oxidation sites excluding steroid dienone is 1. The Labute approximate surface area is 187 Å². The van der Waals surface area contributed by atoms with Crippen molar-refractivity contribution >= 4 is 11.9 Å². The summed E-state index contributed by atoms with van der Waals surface area (Å²) in [6, 6.07) is 7.79. The molecule has 0 saturated carbocycles. The van der Waals surface area contributed by atoms with Gasteiger partial charge in [0.05, 0.1) is 23.8 Å². The predicted molar refractivity (Wildman–Crippen MR) is 110 cm³/mol. The van der Waals surface area contributed by atoms with E-state index in [9.17, 15) is 31.5 Å². The monoisotopic (exact) mass is 467 g/mol. The van der Waals surface area contributed by atoms with Crippen molar-refractivity contribution in [1.82, 2.24) is 4.90 Å². The number of hydrogen-bond donors (Lipinski definition) is 0. The third-order valence-corrected chi connectivity index (χ3v) is 5.39. The second kappa shape index (κ2) is 9.33. The van der Waals surface area contributed by atoms with Crippen LogP contribution in [-0.2, 0) is 27.0 Å². The molecule has 9 heteroatoms. The maximum absolute atomic E-state index is 14.2. The van der Waals surface area contributed by atoms with E-state index in [1.807, 2.05) is 0 Å². The van der Waals surface area contributed by atoms with E-state index >= 15 is 0 Å². The molecule has 33 heavy (non-hydrogen) atoms. The molecule has 4 nitrogen and oxygen atoms in total. The average molecular weight is 467 g/mol. The standard InChI is InChI=1S/C24H22F5NO3/c1-13(2)33-23(32)21-14(3)30(12-16-5-4-6-19(25)22(16)26)20(31)11-18(21)15-7-9-17(10-8-15)24(27,28)29/h4-10,13,18H,11-12H2,1-3H3/t18-/m0/s1. The van der Waals surface area contributed by atoms with E-state index in [0.29, 0.717) is 5.56 Å². The number of ether oxygens (including phenoxy) is 1. The molecule has 1 atom stereocenters. The summed E-state index contributed by atoms with van der Waals surface area (Å²) in [5.41, 5.74) is -0.343. The number of esters is 1. The Morgan fingerprint density at radius 3 is 2.33 bits per heavy atom. The lowest BCUT2D eigenvalue weighted by molar-refractivity contribution is -0.144. The molecule has 0 aliphatic carbocycles. The number of halogens is 5. The number of hydrogen-bond acceptors (Lipinski definition) is 3. The van der Waals surface area contributed by atoms with Gasteiger partial charge in [-0.3, -0.25) is 4.79 Å². The van der Waals surface area contributed by atoms with Crippen LogP contribution in [0.3, 0.4) is 0 Å². The second-order valence-corrected chi connectivity index (χ2v) is 8.02. The molecular formula is C24H22F5NO3. The molecule has 2 aromatic rings. The molecule has 2 aromatic carbocycles. The van der Waals surface area contributed by atoms with E-state index < -0.39 is 47.3 Å². The Bertz CT molecular complexity index is 1090. The fraction of sp³-hybridized carbons (Fsp3) is 0.333. The van der Waals surface area contributed by atoms with Gasteiger partial charge in [0.2, 0.25) is 5.91 Å². The molecule has 1 amide bonds. The minimum atomic E-state index is -4.53. The van der Waals surface area contributed by atoms with Crippen molar-refractivity contribution in [3.63, 3.8) is 0 Å². The summed E-state index contributed by atoms with van der Waals surface area (Å²) in [6.45, 7) is 4.43. The summed E-state index contributed by atoms with van der Waals surface area (Å²) < 4.78 is 72.0. The average Bonchev–Trinajstić information content (AvgIpc) is 2.72. The number of alkyl halides is 3. The number of rotatable bonds is 5. The van der Waals surface area contributed by atoms with Gasteiger partial charge in [0.25, 0.3) is 0 Å². The van der Waals surface area contributed by atoms with Gasteiger partial charge in [-0.2, -0.15) is 13.2 Å². The Kier molecular flexibility index (Phi) is 6.90. The van der Waals surface area contributed by atoms with Crippen LogP contribution < -0.4 is 0 Å². The summed E-state index contributed by atoms with van der Waals surface area (Å²) in [6.07, 6.45) is -5.27. The zero-order chi connectivity index (χ0) is 24.5. The Hall–Kier alpha value is -3.23. The van der Waals surface area contributed by atoms with Crippen LogP contribution in [0, 0.1) is 11.6 Å². The molecule has 176 valence electrons. The van der Waals surface area contributed by atoms with Crippen LogP contribution in [-0.4, -0.2) is 22.9 Å². The lowest BCUT2D eigenvalue weighted by Crippen LogP contribution is -2.38. The van der Waals surface area contributed by atoms with Crippen LogP contribution in [0.4, 0.5) is 22.0 Å². The molecule has 0 fully saturated rings. The Morgan fingerprint density at radius 2 is 1.76 bits per heavy atom.